The highest BCUT2D eigenvalue weighted by Gasteiger charge is 2.09. The number of hydrogen-bond donors (Lipinski definition) is 1. The van der Waals surface area contributed by atoms with Crippen LogP contribution < -0.4 is 10.9 Å². The van der Waals surface area contributed by atoms with Gasteiger partial charge in [0, 0.05) is 30.2 Å². The average Bonchev–Trinajstić information content (AvgIpc) is 2.35. The Balaban J connectivity index is 2.50. The molecule has 5 heteroatoms. The summed E-state index contributed by atoms with van der Waals surface area (Å²) >= 11 is 0. The summed E-state index contributed by atoms with van der Waals surface area (Å²) in [6.45, 7) is 9.01. The predicted molar refractivity (Wildman–Crippen MR) is 77.5 cm³/mol. The van der Waals surface area contributed by atoms with E-state index in [9.17, 15) is 4.79 Å². The van der Waals surface area contributed by atoms with Crippen molar-refractivity contribution in [1.29, 1.82) is 0 Å². The van der Waals surface area contributed by atoms with E-state index < -0.39 is 0 Å². The Morgan fingerprint density at radius 3 is 2.63 bits per heavy atom. The van der Waals surface area contributed by atoms with E-state index in [-0.39, 0.29) is 11.6 Å². The largest absolute Gasteiger partial charge is 0.354 e. The molecule has 0 fully saturated rings. The Hall–Kier alpha value is -1.91. The second-order valence-corrected chi connectivity index (χ2v) is 5.38. The summed E-state index contributed by atoms with van der Waals surface area (Å²) in [4.78, 5) is 20.7. The lowest BCUT2D eigenvalue weighted by Crippen LogP contribution is -2.22. The fourth-order valence-corrected chi connectivity index (χ4v) is 1.92. The second kappa shape index (κ2) is 5.38. The molecule has 2 aromatic rings. The predicted octanol–water partition coefficient (Wildman–Crippen LogP) is 2.44. The van der Waals surface area contributed by atoms with Crippen LogP contribution in [0.4, 0.5) is 5.95 Å². The van der Waals surface area contributed by atoms with Crippen LogP contribution in [0.25, 0.3) is 11.0 Å². The molecule has 0 aromatic carbocycles. The molecule has 19 heavy (non-hydrogen) atoms. The third kappa shape index (κ3) is 2.92. The Kier molecular flexibility index (Phi) is 3.83. The maximum atomic E-state index is 11.9. The fourth-order valence-electron chi connectivity index (χ4n) is 1.92. The van der Waals surface area contributed by atoms with Crippen molar-refractivity contribution in [2.75, 3.05) is 11.9 Å². The quantitative estimate of drug-likeness (QED) is 0.917. The van der Waals surface area contributed by atoms with Gasteiger partial charge in [-0.05, 0) is 25.8 Å². The van der Waals surface area contributed by atoms with Gasteiger partial charge in [0.1, 0.15) is 5.65 Å². The van der Waals surface area contributed by atoms with Gasteiger partial charge in [0.05, 0.1) is 0 Å². The van der Waals surface area contributed by atoms with Crippen LogP contribution in [0.3, 0.4) is 0 Å². The molecule has 0 aliphatic heterocycles. The minimum atomic E-state index is -0.0315. The molecule has 0 atom stereocenters. The zero-order valence-electron chi connectivity index (χ0n) is 11.8. The number of anilines is 1. The molecule has 0 saturated carbocycles. The molecule has 2 heterocycles. The van der Waals surface area contributed by atoms with Crippen LogP contribution in [0.1, 0.15) is 33.7 Å². The van der Waals surface area contributed by atoms with Gasteiger partial charge in [-0.25, -0.2) is 4.98 Å². The van der Waals surface area contributed by atoms with Crippen LogP contribution in [-0.4, -0.2) is 21.1 Å². The number of aromatic nitrogens is 3. The molecule has 102 valence electrons. The van der Waals surface area contributed by atoms with Gasteiger partial charge < -0.3 is 5.32 Å². The van der Waals surface area contributed by atoms with Crippen LogP contribution in [0.5, 0.6) is 0 Å². The standard InChI is InChI=1S/C14H20N4O/c1-9(2)7-15-14-16-8-11-5-6-12(19)18(10(3)4)13(11)17-14/h5-6,8-10H,7H2,1-4H3,(H,15,16,17). The molecule has 1 N–H and O–H groups in total. The molecule has 0 aliphatic rings. The first-order valence-electron chi connectivity index (χ1n) is 6.61. The molecule has 5 nitrogen and oxygen atoms in total. The number of nitrogens with zero attached hydrogens (tertiary/aromatic N) is 3. The van der Waals surface area contributed by atoms with E-state index in [2.05, 4.69) is 29.1 Å². The summed E-state index contributed by atoms with van der Waals surface area (Å²) in [5.74, 6) is 1.09. The highest BCUT2D eigenvalue weighted by Crippen LogP contribution is 2.14. The summed E-state index contributed by atoms with van der Waals surface area (Å²) in [5, 5.41) is 4.06. The Labute approximate surface area is 112 Å². The van der Waals surface area contributed by atoms with Gasteiger partial charge in [0.15, 0.2) is 0 Å². The fraction of sp³-hybridized carbons (Fsp3) is 0.500. The van der Waals surface area contributed by atoms with Crippen molar-refractivity contribution in [2.45, 2.75) is 33.7 Å². The van der Waals surface area contributed by atoms with E-state index in [4.69, 9.17) is 0 Å². The topological polar surface area (TPSA) is 59.8 Å². The number of fused-ring (bicyclic) bond motifs is 1. The molecule has 0 bridgehead atoms. The average molecular weight is 260 g/mol. The number of pyridine rings is 1. The van der Waals surface area contributed by atoms with E-state index in [1.165, 1.54) is 0 Å². The molecule has 0 spiro atoms. The number of hydrogen-bond acceptors (Lipinski definition) is 4. The van der Waals surface area contributed by atoms with E-state index in [0.717, 1.165) is 11.9 Å². The normalized spacial score (nSPS) is 11.5. The van der Waals surface area contributed by atoms with Crippen LogP contribution >= 0.6 is 0 Å². The smallest absolute Gasteiger partial charge is 0.252 e. The first-order chi connectivity index (χ1) is 8.99. The molecule has 0 radical (unpaired) electrons. The maximum Gasteiger partial charge on any atom is 0.252 e. The maximum absolute atomic E-state index is 11.9. The summed E-state index contributed by atoms with van der Waals surface area (Å²) in [7, 11) is 0. The van der Waals surface area contributed by atoms with Crippen molar-refractivity contribution < 1.29 is 0 Å². The molecule has 0 aliphatic carbocycles. The lowest BCUT2D eigenvalue weighted by Gasteiger charge is -2.14. The van der Waals surface area contributed by atoms with E-state index in [0.29, 0.717) is 17.5 Å². The summed E-state index contributed by atoms with van der Waals surface area (Å²) in [5.41, 5.74) is 0.653. The zero-order chi connectivity index (χ0) is 14.0. The SMILES string of the molecule is CC(C)CNc1ncc2ccc(=O)n(C(C)C)c2n1. The van der Waals surface area contributed by atoms with Crippen LogP contribution in [0.2, 0.25) is 0 Å². The van der Waals surface area contributed by atoms with Crippen LogP contribution in [0, 0.1) is 5.92 Å². The van der Waals surface area contributed by atoms with Gasteiger partial charge in [-0.3, -0.25) is 9.36 Å². The van der Waals surface area contributed by atoms with Crippen molar-refractivity contribution in [2.24, 2.45) is 5.92 Å². The molecular weight excluding hydrogens is 240 g/mol. The molecule has 0 amide bonds. The van der Waals surface area contributed by atoms with E-state index in [1.807, 2.05) is 13.8 Å². The zero-order valence-corrected chi connectivity index (χ0v) is 11.8. The highest BCUT2D eigenvalue weighted by molar-refractivity contribution is 5.75. The third-order valence-electron chi connectivity index (χ3n) is 2.85. The summed E-state index contributed by atoms with van der Waals surface area (Å²) in [6.07, 6.45) is 1.75. The van der Waals surface area contributed by atoms with Crippen molar-refractivity contribution in [3.05, 3.63) is 28.7 Å². The monoisotopic (exact) mass is 260 g/mol. The van der Waals surface area contributed by atoms with Gasteiger partial charge in [-0.1, -0.05) is 13.8 Å². The lowest BCUT2D eigenvalue weighted by atomic mass is 10.2. The van der Waals surface area contributed by atoms with Crippen molar-refractivity contribution in [1.82, 2.24) is 14.5 Å². The second-order valence-electron chi connectivity index (χ2n) is 5.38. The van der Waals surface area contributed by atoms with Crippen LogP contribution in [-0.2, 0) is 0 Å². The van der Waals surface area contributed by atoms with Gasteiger partial charge in [-0.2, -0.15) is 4.98 Å². The van der Waals surface area contributed by atoms with E-state index in [1.54, 1.807) is 22.9 Å². The molecule has 2 aromatic heterocycles. The molecule has 0 saturated heterocycles. The first-order valence-corrected chi connectivity index (χ1v) is 6.61. The van der Waals surface area contributed by atoms with E-state index >= 15 is 0 Å². The molecule has 0 unspecified atom stereocenters. The first kappa shape index (κ1) is 13.5. The lowest BCUT2D eigenvalue weighted by molar-refractivity contribution is 0.595. The number of rotatable bonds is 4. The summed E-state index contributed by atoms with van der Waals surface area (Å²) in [6, 6.07) is 3.40. The number of nitrogens with one attached hydrogen (secondary N) is 1. The van der Waals surface area contributed by atoms with Crippen molar-refractivity contribution >= 4 is 17.0 Å². The molecular formula is C14H20N4O. The Morgan fingerprint density at radius 2 is 2.00 bits per heavy atom. The van der Waals surface area contributed by atoms with Gasteiger partial charge in [-0.15, -0.1) is 0 Å². The van der Waals surface area contributed by atoms with Gasteiger partial charge in [0.2, 0.25) is 5.95 Å². The van der Waals surface area contributed by atoms with Crippen molar-refractivity contribution in [3.8, 4) is 0 Å². The Bertz CT molecular complexity index is 631. The van der Waals surface area contributed by atoms with Crippen LogP contribution in [0.15, 0.2) is 23.1 Å². The Morgan fingerprint density at radius 1 is 1.26 bits per heavy atom. The van der Waals surface area contributed by atoms with Gasteiger partial charge in [0.25, 0.3) is 5.56 Å². The summed E-state index contributed by atoms with van der Waals surface area (Å²) < 4.78 is 1.69. The molecule has 2 rings (SSSR count). The van der Waals surface area contributed by atoms with Gasteiger partial charge >= 0.3 is 0 Å². The third-order valence-corrected chi connectivity index (χ3v) is 2.85. The minimum absolute atomic E-state index is 0.0315. The minimum Gasteiger partial charge on any atom is -0.354 e. The van der Waals surface area contributed by atoms with Crippen molar-refractivity contribution in [3.63, 3.8) is 0 Å². The highest BCUT2D eigenvalue weighted by atomic mass is 16.1.